The fraction of sp³-hybridized carbons (Fsp3) is 0.211. The number of amides is 1. The molecule has 0 saturated heterocycles. The molecule has 27 heavy (non-hydrogen) atoms. The Morgan fingerprint density at radius 1 is 1.15 bits per heavy atom. The van der Waals surface area contributed by atoms with Gasteiger partial charge >= 0.3 is 5.69 Å². The molecule has 0 saturated carbocycles. The van der Waals surface area contributed by atoms with E-state index in [1.54, 1.807) is 37.3 Å². The van der Waals surface area contributed by atoms with Gasteiger partial charge in [0.2, 0.25) is 0 Å². The number of nitrogens with zero attached hydrogens (tertiary/aromatic N) is 1. The number of aromatic amines is 1. The Hall–Kier alpha value is -2.57. The standard InChI is InChI=1S/C19H17Cl2N3O3/c1-3-24-18(26)13-6-4-12(9-16(13)23-19(24)27)17(25)22-10(2)11-5-7-14(20)15(21)8-11/h4-10H,3H2,1-2H3,(H,22,25)(H,23,27). The summed E-state index contributed by atoms with van der Waals surface area (Å²) in [5.41, 5.74) is 0.574. The van der Waals surface area contributed by atoms with E-state index >= 15 is 0 Å². The van der Waals surface area contributed by atoms with Crippen LogP contribution < -0.4 is 16.6 Å². The Morgan fingerprint density at radius 3 is 2.56 bits per heavy atom. The summed E-state index contributed by atoms with van der Waals surface area (Å²) in [5.74, 6) is -0.337. The number of hydrogen-bond donors (Lipinski definition) is 2. The van der Waals surface area contributed by atoms with Crippen molar-refractivity contribution < 1.29 is 4.79 Å². The van der Waals surface area contributed by atoms with Gasteiger partial charge in [0.05, 0.1) is 27.0 Å². The van der Waals surface area contributed by atoms with Crippen LogP contribution in [0.5, 0.6) is 0 Å². The monoisotopic (exact) mass is 405 g/mol. The summed E-state index contributed by atoms with van der Waals surface area (Å²) in [4.78, 5) is 39.5. The zero-order chi connectivity index (χ0) is 19.7. The second-order valence-corrected chi connectivity index (χ2v) is 6.92. The molecule has 0 radical (unpaired) electrons. The van der Waals surface area contributed by atoms with E-state index in [1.807, 2.05) is 6.92 Å². The van der Waals surface area contributed by atoms with Gasteiger partial charge in [-0.25, -0.2) is 4.79 Å². The number of nitrogens with one attached hydrogen (secondary N) is 2. The minimum Gasteiger partial charge on any atom is -0.346 e. The summed E-state index contributed by atoms with van der Waals surface area (Å²) < 4.78 is 1.11. The molecule has 6 nitrogen and oxygen atoms in total. The van der Waals surface area contributed by atoms with E-state index in [0.717, 1.165) is 10.1 Å². The highest BCUT2D eigenvalue weighted by atomic mass is 35.5. The van der Waals surface area contributed by atoms with E-state index in [9.17, 15) is 14.4 Å². The third-order valence-electron chi connectivity index (χ3n) is 4.35. The molecule has 1 unspecified atom stereocenters. The topological polar surface area (TPSA) is 84.0 Å². The van der Waals surface area contributed by atoms with E-state index in [4.69, 9.17) is 23.2 Å². The second-order valence-electron chi connectivity index (χ2n) is 6.11. The molecule has 1 heterocycles. The van der Waals surface area contributed by atoms with E-state index in [0.29, 0.717) is 26.5 Å². The van der Waals surface area contributed by atoms with Crippen molar-refractivity contribution in [2.75, 3.05) is 0 Å². The van der Waals surface area contributed by atoms with Crippen molar-refractivity contribution >= 4 is 40.0 Å². The van der Waals surface area contributed by atoms with Crippen LogP contribution in [0, 0.1) is 0 Å². The van der Waals surface area contributed by atoms with Crippen molar-refractivity contribution in [2.45, 2.75) is 26.4 Å². The molecule has 2 aromatic carbocycles. The Labute approximate surface area is 164 Å². The van der Waals surface area contributed by atoms with Gasteiger partial charge in [-0.1, -0.05) is 29.3 Å². The number of halogens is 2. The van der Waals surface area contributed by atoms with Gasteiger partial charge in [0.25, 0.3) is 11.5 Å². The third kappa shape index (κ3) is 3.77. The van der Waals surface area contributed by atoms with Crippen LogP contribution in [0.25, 0.3) is 10.9 Å². The minimum atomic E-state index is -0.503. The molecule has 0 spiro atoms. The van der Waals surface area contributed by atoms with Gasteiger partial charge in [-0.2, -0.15) is 0 Å². The molecular weight excluding hydrogens is 389 g/mol. The summed E-state index contributed by atoms with van der Waals surface area (Å²) in [6, 6.07) is 9.42. The van der Waals surface area contributed by atoms with Crippen molar-refractivity contribution in [2.24, 2.45) is 0 Å². The summed E-state index contributed by atoms with van der Waals surface area (Å²) in [6.07, 6.45) is 0. The van der Waals surface area contributed by atoms with Gasteiger partial charge in [-0.15, -0.1) is 0 Å². The first kappa shape index (κ1) is 19.2. The number of carbonyl (C=O) groups is 1. The maximum absolute atomic E-state index is 12.6. The van der Waals surface area contributed by atoms with Gasteiger partial charge in [-0.3, -0.25) is 14.2 Å². The summed E-state index contributed by atoms with van der Waals surface area (Å²) in [7, 11) is 0. The molecule has 1 atom stereocenters. The first-order valence-electron chi connectivity index (χ1n) is 8.34. The zero-order valence-electron chi connectivity index (χ0n) is 14.7. The molecule has 3 aromatic rings. The van der Waals surface area contributed by atoms with Crippen molar-refractivity contribution in [1.82, 2.24) is 14.9 Å². The fourth-order valence-electron chi connectivity index (χ4n) is 2.83. The fourth-order valence-corrected chi connectivity index (χ4v) is 3.13. The Bertz CT molecular complexity index is 1150. The number of H-pyrrole nitrogens is 1. The average molecular weight is 406 g/mol. The van der Waals surface area contributed by atoms with E-state index in [-0.39, 0.29) is 24.1 Å². The zero-order valence-corrected chi connectivity index (χ0v) is 16.2. The first-order valence-corrected chi connectivity index (χ1v) is 9.10. The maximum atomic E-state index is 12.6. The number of aromatic nitrogens is 2. The van der Waals surface area contributed by atoms with E-state index in [2.05, 4.69) is 10.3 Å². The molecule has 2 N–H and O–H groups in total. The van der Waals surface area contributed by atoms with Crippen molar-refractivity contribution in [3.63, 3.8) is 0 Å². The summed E-state index contributed by atoms with van der Waals surface area (Å²) in [6.45, 7) is 3.81. The predicted octanol–water partition coefficient (Wildman–Crippen LogP) is 3.51. The second kappa shape index (κ2) is 7.58. The lowest BCUT2D eigenvalue weighted by Gasteiger charge is -2.15. The Morgan fingerprint density at radius 2 is 1.89 bits per heavy atom. The Kier molecular flexibility index (Phi) is 5.39. The van der Waals surface area contributed by atoms with Gasteiger partial charge in [0.1, 0.15) is 0 Å². The first-order chi connectivity index (χ1) is 12.8. The molecule has 1 aromatic heterocycles. The van der Waals surface area contributed by atoms with Crippen molar-refractivity contribution in [1.29, 1.82) is 0 Å². The largest absolute Gasteiger partial charge is 0.346 e. The lowest BCUT2D eigenvalue weighted by atomic mass is 10.1. The van der Waals surface area contributed by atoms with E-state index in [1.165, 1.54) is 6.07 Å². The lowest BCUT2D eigenvalue weighted by Crippen LogP contribution is -2.34. The summed E-state index contributed by atoms with van der Waals surface area (Å²) >= 11 is 11.9. The molecule has 1 amide bonds. The molecule has 3 rings (SSSR count). The van der Waals surface area contributed by atoms with Crippen LogP contribution in [0.3, 0.4) is 0 Å². The van der Waals surface area contributed by atoms with Crippen molar-refractivity contribution in [3.05, 3.63) is 78.4 Å². The highest BCUT2D eigenvalue weighted by molar-refractivity contribution is 6.42. The number of fused-ring (bicyclic) bond motifs is 1. The van der Waals surface area contributed by atoms with Gasteiger partial charge in [0.15, 0.2) is 0 Å². The number of hydrogen-bond acceptors (Lipinski definition) is 3. The SMILES string of the molecule is CCn1c(=O)[nH]c2cc(C(=O)NC(C)c3ccc(Cl)c(Cl)c3)ccc2c1=O. The molecule has 0 bridgehead atoms. The molecular formula is C19H17Cl2N3O3. The maximum Gasteiger partial charge on any atom is 0.328 e. The smallest absolute Gasteiger partial charge is 0.328 e. The average Bonchev–Trinajstić information content (AvgIpc) is 2.63. The minimum absolute atomic E-state index is 0.271. The predicted molar refractivity (Wildman–Crippen MR) is 107 cm³/mol. The highest BCUT2D eigenvalue weighted by Crippen LogP contribution is 2.25. The van der Waals surface area contributed by atoms with Crippen LogP contribution in [0.2, 0.25) is 10.0 Å². The summed E-state index contributed by atoms with van der Waals surface area (Å²) in [5, 5.41) is 4.06. The number of carbonyl (C=O) groups excluding carboxylic acids is 1. The molecule has 0 fully saturated rings. The van der Waals surface area contributed by atoms with Crippen molar-refractivity contribution in [3.8, 4) is 0 Å². The lowest BCUT2D eigenvalue weighted by molar-refractivity contribution is 0.0940. The van der Waals surface area contributed by atoms with E-state index < -0.39 is 5.69 Å². The van der Waals surface area contributed by atoms with Crippen LogP contribution in [0.15, 0.2) is 46.0 Å². The van der Waals surface area contributed by atoms with Crippen LogP contribution in [-0.2, 0) is 6.54 Å². The third-order valence-corrected chi connectivity index (χ3v) is 5.09. The van der Waals surface area contributed by atoms with Crippen LogP contribution in [-0.4, -0.2) is 15.5 Å². The van der Waals surface area contributed by atoms with Crippen LogP contribution in [0.4, 0.5) is 0 Å². The molecule has 0 aliphatic carbocycles. The Balaban J connectivity index is 1.90. The number of rotatable bonds is 4. The van der Waals surface area contributed by atoms with Crippen LogP contribution in [0.1, 0.15) is 35.8 Å². The quantitative estimate of drug-likeness (QED) is 0.696. The van der Waals surface area contributed by atoms with Gasteiger partial charge < -0.3 is 10.3 Å². The van der Waals surface area contributed by atoms with Crippen LogP contribution >= 0.6 is 23.2 Å². The molecule has 0 aliphatic rings. The highest BCUT2D eigenvalue weighted by Gasteiger charge is 2.14. The van der Waals surface area contributed by atoms with Gasteiger partial charge in [-0.05, 0) is 49.7 Å². The molecule has 8 heteroatoms. The molecule has 0 aliphatic heterocycles. The normalized spacial score (nSPS) is 12.1. The van der Waals surface area contributed by atoms with Gasteiger partial charge in [0, 0.05) is 12.1 Å². The number of benzene rings is 2. The molecule has 140 valence electrons.